The number of hydrogen-bond donors (Lipinski definition) is 2. The number of amides is 2. The van der Waals surface area contributed by atoms with E-state index in [2.05, 4.69) is 26.6 Å². The third-order valence-corrected chi connectivity index (χ3v) is 3.82. The van der Waals surface area contributed by atoms with Crippen LogP contribution in [0.25, 0.3) is 0 Å². The molecule has 0 spiro atoms. The zero-order valence-electron chi connectivity index (χ0n) is 10.9. The normalized spacial score (nSPS) is 15.7. The number of anilines is 1. The van der Waals surface area contributed by atoms with Crippen molar-refractivity contribution in [1.82, 2.24) is 5.32 Å². The lowest BCUT2D eigenvalue weighted by Gasteiger charge is -2.22. The quantitative estimate of drug-likeness (QED) is 0.811. The number of benzene rings is 1. The average molecular weight is 343 g/mol. The van der Waals surface area contributed by atoms with Gasteiger partial charge in [0.25, 0.3) is 0 Å². The van der Waals surface area contributed by atoms with Crippen LogP contribution in [-0.4, -0.2) is 17.9 Å². The Hall–Kier alpha value is -1.43. The van der Waals surface area contributed by atoms with Crippen molar-refractivity contribution in [3.63, 3.8) is 0 Å². The molecule has 108 valence electrons. The summed E-state index contributed by atoms with van der Waals surface area (Å²) in [7, 11) is 0. The first-order valence-electron chi connectivity index (χ1n) is 6.63. The van der Waals surface area contributed by atoms with Crippen LogP contribution in [0.1, 0.15) is 32.1 Å². The number of rotatable bonds is 2. The first-order valence-corrected chi connectivity index (χ1v) is 7.42. The Morgan fingerprint density at radius 1 is 1.15 bits per heavy atom. The highest BCUT2D eigenvalue weighted by Crippen LogP contribution is 2.20. The predicted octanol–water partition coefficient (Wildman–Crippen LogP) is 2.98. The van der Waals surface area contributed by atoms with Gasteiger partial charge in [-0.05, 0) is 31.0 Å². The van der Waals surface area contributed by atoms with Gasteiger partial charge in [0, 0.05) is 10.5 Å². The Morgan fingerprint density at radius 3 is 2.50 bits per heavy atom. The van der Waals surface area contributed by atoms with Crippen molar-refractivity contribution < 1.29 is 14.0 Å². The molecule has 0 aromatic heterocycles. The first kappa shape index (κ1) is 15.0. The Bertz CT molecular complexity index is 516. The van der Waals surface area contributed by atoms with Gasteiger partial charge in [0.2, 0.25) is 0 Å². The van der Waals surface area contributed by atoms with E-state index in [0.29, 0.717) is 4.47 Å². The van der Waals surface area contributed by atoms with Crippen molar-refractivity contribution in [3.05, 3.63) is 28.5 Å². The molecule has 2 amide bonds. The van der Waals surface area contributed by atoms with Gasteiger partial charge in [0.1, 0.15) is 5.82 Å². The minimum absolute atomic E-state index is 0.00278. The zero-order chi connectivity index (χ0) is 14.5. The molecule has 2 rings (SSSR count). The number of halogens is 2. The average Bonchev–Trinajstić information content (AvgIpc) is 2.43. The standard InChI is InChI=1S/C14H16BrFN2O2/c15-9-6-7-12(11(16)8-9)18-14(20)13(19)17-10-4-2-1-3-5-10/h6-8,10H,1-5H2,(H,17,19)(H,18,20). The highest BCUT2D eigenvalue weighted by Gasteiger charge is 2.21. The molecular formula is C14H16BrFN2O2. The highest BCUT2D eigenvalue weighted by atomic mass is 79.9. The molecule has 20 heavy (non-hydrogen) atoms. The lowest BCUT2D eigenvalue weighted by atomic mass is 9.95. The van der Waals surface area contributed by atoms with E-state index in [1.807, 2.05) is 0 Å². The largest absolute Gasteiger partial charge is 0.345 e. The van der Waals surface area contributed by atoms with Gasteiger partial charge in [0.05, 0.1) is 5.69 Å². The number of carbonyl (C=O) groups excluding carboxylic acids is 2. The minimum Gasteiger partial charge on any atom is -0.345 e. The fourth-order valence-electron chi connectivity index (χ4n) is 2.27. The molecule has 4 nitrogen and oxygen atoms in total. The molecule has 0 saturated heterocycles. The maximum absolute atomic E-state index is 13.6. The van der Waals surface area contributed by atoms with Gasteiger partial charge in [-0.3, -0.25) is 9.59 Å². The van der Waals surface area contributed by atoms with E-state index in [-0.39, 0.29) is 11.7 Å². The zero-order valence-corrected chi connectivity index (χ0v) is 12.5. The third-order valence-electron chi connectivity index (χ3n) is 3.33. The van der Waals surface area contributed by atoms with Crippen molar-refractivity contribution in [2.75, 3.05) is 5.32 Å². The van der Waals surface area contributed by atoms with E-state index in [1.54, 1.807) is 6.07 Å². The van der Waals surface area contributed by atoms with Crippen LogP contribution in [0.5, 0.6) is 0 Å². The van der Waals surface area contributed by atoms with Crippen LogP contribution in [0.2, 0.25) is 0 Å². The van der Waals surface area contributed by atoms with Gasteiger partial charge in [-0.15, -0.1) is 0 Å². The molecule has 1 aliphatic carbocycles. The van der Waals surface area contributed by atoms with E-state index >= 15 is 0 Å². The summed E-state index contributed by atoms with van der Waals surface area (Å²) >= 11 is 3.13. The molecule has 1 aliphatic rings. The van der Waals surface area contributed by atoms with Crippen LogP contribution in [0.4, 0.5) is 10.1 Å². The topological polar surface area (TPSA) is 58.2 Å². The van der Waals surface area contributed by atoms with E-state index in [9.17, 15) is 14.0 Å². The van der Waals surface area contributed by atoms with Crippen molar-refractivity contribution >= 4 is 33.4 Å². The molecule has 0 aliphatic heterocycles. The molecular weight excluding hydrogens is 327 g/mol. The van der Waals surface area contributed by atoms with Crippen molar-refractivity contribution in [3.8, 4) is 0 Å². The minimum atomic E-state index is -0.836. The van der Waals surface area contributed by atoms with E-state index in [4.69, 9.17) is 0 Å². The van der Waals surface area contributed by atoms with Crippen LogP contribution < -0.4 is 10.6 Å². The summed E-state index contributed by atoms with van der Waals surface area (Å²) in [6.45, 7) is 0. The molecule has 1 aromatic rings. The summed E-state index contributed by atoms with van der Waals surface area (Å²) in [6.07, 6.45) is 5.09. The second kappa shape index (κ2) is 6.83. The van der Waals surface area contributed by atoms with Gasteiger partial charge in [-0.1, -0.05) is 35.2 Å². The molecule has 1 saturated carbocycles. The Balaban J connectivity index is 1.91. The lowest BCUT2D eigenvalue weighted by Crippen LogP contribution is -2.42. The van der Waals surface area contributed by atoms with Gasteiger partial charge >= 0.3 is 11.8 Å². The van der Waals surface area contributed by atoms with Crippen LogP contribution in [0.3, 0.4) is 0 Å². The van der Waals surface area contributed by atoms with Crippen LogP contribution in [0.15, 0.2) is 22.7 Å². The monoisotopic (exact) mass is 342 g/mol. The van der Waals surface area contributed by atoms with Crippen molar-refractivity contribution in [2.45, 2.75) is 38.1 Å². The molecule has 0 heterocycles. The lowest BCUT2D eigenvalue weighted by molar-refractivity contribution is -0.136. The van der Waals surface area contributed by atoms with Crippen LogP contribution in [-0.2, 0) is 9.59 Å². The summed E-state index contributed by atoms with van der Waals surface area (Å²) in [5, 5.41) is 4.97. The molecule has 2 N–H and O–H groups in total. The second-order valence-electron chi connectivity index (χ2n) is 4.89. The van der Waals surface area contributed by atoms with Gasteiger partial charge in [-0.2, -0.15) is 0 Å². The van der Waals surface area contributed by atoms with Gasteiger partial charge in [0.15, 0.2) is 0 Å². The van der Waals surface area contributed by atoms with Crippen molar-refractivity contribution in [1.29, 1.82) is 0 Å². The molecule has 1 fully saturated rings. The highest BCUT2D eigenvalue weighted by molar-refractivity contribution is 9.10. The molecule has 0 bridgehead atoms. The van der Waals surface area contributed by atoms with Gasteiger partial charge in [-0.25, -0.2) is 4.39 Å². The number of hydrogen-bond acceptors (Lipinski definition) is 2. The van der Waals surface area contributed by atoms with Crippen LogP contribution in [0, 0.1) is 5.82 Å². The molecule has 0 radical (unpaired) electrons. The maximum Gasteiger partial charge on any atom is 0.313 e. The van der Waals surface area contributed by atoms with Crippen LogP contribution >= 0.6 is 15.9 Å². The molecule has 0 unspecified atom stereocenters. The maximum atomic E-state index is 13.6. The Labute approximate surface area is 125 Å². The first-order chi connectivity index (χ1) is 9.56. The van der Waals surface area contributed by atoms with Gasteiger partial charge < -0.3 is 10.6 Å². The van der Waals surface area contributed by atoms with E-state index < -0.39 is 17.6 Å². The Kier molecular flexibility index (Phi) is 5.11. The summed E-state index contributed by atoms with van der Waals surface area (Å²) in [4.78, 5) is 23.5. The number of carbonyl (C=O) groups is 2. The molecule has 1 aromatic carbocycles. The fourth-order valence-corrected chi connectivity index (χ4v) is 2.60. The summed E-state index contributed by atoms with van der Waals surface area (Å²) in [5.41, 5.74) is -0.00278. The molecule has 6 heteroatoms. The summed E-state index contributed by atoms with van der Waals surface area (Å²) in [5.74, 6) is -2.13. The number of nitrogens with one attached hydrogen (secondary N) is 2. The summed E-state index contributed by atoms with van der Waals surface area (Å²) in [6, 6.07) is 4.29. The Morgan fingerprint density at radius 2 is 1.85 bits per heavy atom. The van der Waals surface area contributed by atoms with Crippen molar-refractivity contribution in [2.24, 2.45) is 0 Å². The smallest absolute Gasteiger partial charge is 0.313 e. The SMILES string of the molecule is O=C(Nc1ccc(Br)cc1F)C(=O)NC1CCCCC1. The molecule has 0 atom stereocenters. The van der Waals surface area contributed by atoms with E-state index in [0.717, 1.165) is 25.7 Å². The third kappa shape index (κ3) is 4.03. The van der Waals surface area contributed by atoms with E-state index in [1.165, 1.54) is 18.6 Å². The second-order valence-corrected chi connectivity index (χ2v) is 5.80. The summed E-state index contributed by atoms with van der Waals surface area (Å²) < 4.78 is 14.1. The predicted molar refractivity (Wildman–Crippen MR) is 77.7 cm³/mol. The fraction of sp³-hybridized carbons (Fsp3) is 0.429.